The molecule has 0 spiro atoms. The Morgan fingerprint density at radius 3 is 2.80 bits per heavy atom. The zero-order valence-corrected chi connectivity index (χ0v) is 5.96. The van der Waals surface area contributed by atoms with E-state index in [1.54, 1.807) is 0 Å². The summed E-state index contributed by atoms with van der Waals surface area (Å²) in [6.45, 7) is 0.510. The number of aliphatic hydroxyl groups is 1. The maximum atomic E-state index is 9.15. The van der Waals surface area contributed by atoms with E-state index in [0.717, 1.165) is 29.6 Å². The minimum atomic E-state index is 0.510. The molecule has 2 bridgehead atoms. The molecular formula is C9H12O. The molecule has 10 heavy (non-hydrogen) atoms. The average molecular weight is 136 g/mol. The lowest BCUT2D eigenvalue weighted by atomic mass is 9.83. The van der Waals surface area contributed by atoms with Crippen LogP contribution < -0.4 is 0 Å². The molecule has 5 saturated carbocycles. The van der Waals surface area contributed by atoms with Crippen LogP contribution in [0, 0.1) is 35.0 Å². The van der Waals surface area contributed by atoms with E-state index in [-0.39, 0.29) is 0 Å². The molecule has 0 amide bonds. The highest BCUT2D eigenvalue weighted by atomic mass is 16.3. The van der Waals surface area contributed by atoms with Gasteiger partial charge < -0.3 is 5.11 Å². The molecular weight excluding hydrogens is 124 g/mol. The van der Waals surface area contributed by atoms with Gasteiger partial charge in [-0.25, -0.2) is 0 Å². The zero-order valence-electron chi connectivity index (χ0n) is 5.96. The van der Waals surface area contributed by atoms with Gasteiger partial charge in [0.15, 0.2) is 0 Å². The standard InChI is InChI=1S/C9H12O/c10-3-9-6-2-4-1-5(4)7(9)8(6)9/h4-8,10H,1-3H2/t4-,5-,6+,7-,8+,9-/m1/s1. The molecule has 54 valence electrons. The molecule has 5 rings (SSSR count). The first kappa shape index (κ1) is 4.76. The Kier molecular flexibility index (Phi) is 0.471. The highest BCUT2D eigenvalue weighted by Crippen LogP contribution is 2.94. The summed E-state index contributed by atoms with van der Waals surface area (Å²) in [5.74, 6) is 5.23. The number of hydrogen-bond donors (Lipinski definition) is 1. The predicted octanol–water partition coefficient (Wildman–Crippen LogP) is 0.881. The van der Waals surface area contributed by atoms with E-state index in [1.165, 1.54) is 12.8 Å². The maximum absolute atomic E-state index is 9.15. The van der Waals surface area contributed by atoms with Crippen molar-refractivity contribution in [3.8, 4) is 0 Å². The van der Waals surface area contributed by atoms with Crippen LogP contribution in [0.5, 0.6) is 0 Å². The smallest absolute Gasteiger partial charge is 0.0495 e. The Balaban J connectivity index is 1.76. The van der Waals surface area contributed by atoms with E-state index in [1.807, 2.05) is 0 Å². The largest absolute Gasteiger partial charge is 0.396 e. The fourth-order valence-corrected chi connectivity index (χ4v) is 4.14. The average Bonchev–Trinajstić information content (AvgIpc) is 2.84. The molecule has 0 aromatic rings. The Morgan fingerprint density at radius 1 is 1.30 bits per heavy atom. The van der Waals surface area contributed by atoms with Crippen molar-refractivity contribution in [2.24, 2.45) is 35.0 Å². The van der Waals surface area contributed by atoms with Crippen molar-refractivity contribution in [1.29, 1.82) is 0 Å². The van der Waals surface area contributed by atoms with E-state index >= 15 is 0 Å². The molecule has 1 heteroatoms. The number of aliphatic hydroxyl groups excluding tert-OH is 1. The molecule has 0 aliphatic heterocycles. The van der Waals surface area contributed by atoms with Crippen LogP contribution in [0.25, 0.3) is 0 Å². The van der Waals surface area contributed by atoms with Crippen molar-refractivity contribution in [1.82, 2.24) is 0 Å². The minimum absolute atomic E-state index is 0.510. The second-order valence-corrected chi connectivity index (χ2v) is 4.82. The summed E-state index contributed by atoms with van der Waals surface area (Å²) in [4.78, 5) is 0. The Morgan fingerprint density at radius 2 is 2.20 bits per heavy atom. The van der Waals surface area contributed by atoms with Gasteiger partial charge in [-0.05, 0) is 42.4 Å². The Hall–Kier alpha value is -0.0400. The SMILES string of the molecule is OC[C@]12[C@@H]3[C@@H]4C[C@@H]4C[C@H]1[C@@H]32. The second-order valence-electron chi connectivity index (χ2n) is 4.82. The van der Waals surface area contributed by atoms with Crippen molar-refractivity contribution in [3.05, 3.63) is 0 Å². The van der Waals surface area contributed by atoms with Crippen molar-refractivity contribution < 1.29 is 5.11 Å². The first-order chi connectivity index (χ1) is 4.89. The summed E-state index contributed by atoms with van der Waals surface area (Å²) in [7, 11) is 0. The van der Waals surface area contributed by atoms with Crippen LogP contribution >= 0.6 is 0 Å². The van der Waals surface area contributed by atoms with Gasteiger partial charge in [0.1, 0.15) is 0 Å². The van der Waals surface area contributed by atoms with Crippen molar-refractivity contribution in [2.75, 3.05) is 6.61 Å². The van der Waals surface area contributed by atoms with Crippen LogP contribution in [-0.4, -0.2) is 11.7 Å². The van der Waals surface area contributed by atoms with Crippen LogP contribution in [0.2, 0.25) is 0 Å². The third kappa shape index (κ3) is 0.254. The topological polar surface area (TPSA) is 20.2 Å². The van der Waals surface area contributed by atoms with Crippen molar-refractivity contribution in [3.63, 3.8) is 0 Å². The van der Waals surface area contributed by atoms with Crippen LogP contribution in [0.3, 0.4) is 0 Å². The third-order valence-corrected chi connectivity index (χ3v) is 4.80. The summed E-state index contributed by atoms with van der Waals surface area (Å²) < 4.78 is 0. The molecule has 0 aromatic heterocycles. The molecule has 0 aromatic carbocycles. The summed E-state index contributed by atoms with van der Waals surface area (Å²) >= 11 is 0. The fourth-order valence-electron chi connectivity index (χ4n) is 4.14. The lowest BCUT2D eigenvalue weighted by molar-refractivity contribution is 0.161. The van der Waals surface area contributed by atoms with E-state index in [2.05, 4.69) is 0 Å². The van der Waals surface area contributed by atoms with Gasteiger partial charge >= 0.3 is 0 Å². The summed E-state index contributed by atoms with van der Waals surface area (Å²) in [6.07, 6.45) is 2.99. The summed E-state index contributed by atoms with van der Waals surface area (Å²) in [5, 5.41) is 9.15. The van der Waals surface area contributed by atoms with Crippen LogP contribution in [0.4, 0.5) is 0 Å². The first-order valence-electron chi connectivity index (χ1n) is 4.50. The van der Waals surface area contributed by atoms with Gasteiger partial charge in [-0.3, -0.25) is 0 Å². The molecule has 5 aliphatic carbocycles. The third-order valence-electron chi connectivity index (χ3n) is 4.80. The molecule has 0 saturated heterocycles. The normalized spacial score (nSPS) is 79.5. The molecule has 5 fully saturated rings. The van der Waals surface area contributed by atoms with Crippen molar-refractivity contribution >= 4 is 0 Å². The maximum Gasteiger partial charge on any atom is 0.0495 e. The second kappa shape index (κ2) is 0.989. The molecule has 5 aliphatic rings. The van der Waals surface area contributed by atoms with Gasteiger partial charge in [-0.2, -0.15) is 0 Å². The molecule has 6 atom stereocenters. The van der Waals surface area contributed by atoms with Gasteiger partial charge in [0.05, 0.1) is 0 Å². The fraction of sp³-hybridized carbons (Fsp3) is 1.00. The monoisotopic (exact) mass is 136 g/mol. The van der Waals surface area contributed by atoms with E-state index in [9.17, 15) is 0 Å². The summed E-state index contributed by atoms with van der Waals surface area (Å²) in [5.41, 5.74) is 0.539. The first-order valence-corrected chi connectivity index (χ1v) is 4.50. The van der Waals surface area contributed by atoms with Gasteiger partial charge in [-0.15, -0.1) is 0 Å². The highest BCUT2D eigenvalue weighted by Gasteiger charge is 2.91. The van der Waals surface area contributed by atoms with Crippen LogP contribution in [0.15, 0.2) is 0 Å². The zero-order chi connectivity index (χ0) is 6.51. The van der Waals surface area contributed by atoms with E-state index < -0.39 is 0 Å². The van der Waals surface area contributed by atoms with Crippen molar-refractivity contribution in [2.45, 2.75) is 12.8 Å². The van der Waals surface area contributed by atoms with Gasteiger partial charge in [0.2, 0.25) is 0 Å². The molecule has 0 unspecified atom stereocenters. The molecule has 0 radical (unpaired) electrons. The Bertz CT molecular complexity index is 219. The Labute approximate surface area is 60.4 Å². The lowest BCUT2D eigenvalue weighted by Crippen LogP contribution is -2.20. The summed E-state index contributed by atoms with van der Waals surface area (Å²) in [6, 6.07) is 0. The van der Waals surface area contributed by atoms with Gasteiger partial charge in [0, 0.05) is 12.0 Å². The van der Waals surface area contributed by atoms with E-state index in [4.69, 9.17) is 5.11 Å². The van der Waals surface area contributed by atoms with E-state index in [0.29, 0.717) is 12.0 Å². The number of rotatable bonds is 1. The minimum Gasteiger partial charge on any atom is -0.396 e. The van der Waals surface area contributed by atoms with Crippen LogP contribution in [-0.2, 0) is 0 Å². The number of hydrogen-bond acceptors (Lipinski definition) is 1. The molecule has 1 nitrogen and oxygen atoms in total. The van der Waals surface area contributed by atoms with Gasteiger partial charge in [0.25, 0.3) is 0 Å². The lowest BCUT2D eigenvalue weighted by Gasteiger charge is -2.22. The molecule has 0 heterocycles. The highest BCUT2D eigenvalue weighted by molar-refractivity contribution is 5.38. The molecule has 1 N–H and O–H groups in total. The predicted molar refractivity (Wildman–Crippen MR) is 36.2 cm³/mol. The quantitative estimate of drug-likeness (QED) is 0.567. The van der Waals surface area contributed by atoms with Gasteiger partial charge in [-0.1, -0.05) is 0 Å². The van der Waals surface area contributed by atoms with Crippen LogP contribution in [0.1, 0.15) is 12.8 Å².